The van der Waals surface area contributed by atoms with Gasteiger partial charge in [0.25, 0.3) is 5.91 Å². The van der Waals surface area contributed by atoms with E-state index < -0.39 is 17.8 Å². The third kappa shape index (κ3) is 3.54. The minimum absolute atomic E-state index is 0.00708. The number of rotatable bonds is 3. The number of ether oxygens (including phenoxy) is 1. The van der Waals surface area contributed by atoms with Crippen LogP contribution in [0.2, 0.25) is 5.02 Å². The first-order valence-electron chi connectivity index (χ1n) is 8.15. The summed E-state index contributed by atoms with van der Waals surface area (Å²) in [5.74, 6) is -0.865. The molecule has 2 N–H and O–H groups in total. The summed E-state index contributed by atoms with van der Waals surface area (Å²) in [5, 5.41) is 0.00708. The summed E-state index contributed by atoms with van der Waals surface area (Å²) < 4.78 is 19.2. The van der Waals surface area contributed by atoms with Crippen molar-refractivity contribution < 1.29 is 18.7 Å². The molecule has 0 radical (unpaired) electrons. The van der Waals surface area contributed by atoms with Crippen LogP contribution in [0.25, 0.3) is 0 Å². The molecule has 0 aromatic heterocycles. The Kier molecular flexibility index (Phi) is 5.06. The third-order valence-electron chi connectivity index (χ3n) is 4.89. The van der Waals surface area contributed by atoms with Gasteiger partial charge in [0, 0.05) is 18.7 Å². The number of carbonyl (C=O) groups excluding carboxylic acids is 2. The van der Waals surface area contributed by atoms with Gasteiger partial charge in [-0.15, -0.1) is 0 Å². The second-order valence-electron chi connectivity index (χ2n) is 6.40. The van der Waals surface area contributed by atoms with Crippen LogP contribution in [0.15, 0.2) is 18.2 Å². The summed E-state index contributed by atoms with van der Waals surface area (Å²) in [7, 11) is 0. The lowest BCUT2D eigenvalue weighted by Crippen LogP contribution is -2.41. The summed E-state index contributed by atoms with van der Waals surface area (Å²) >= 11 is 5.65. The first kappa shape index (κ1) is 17.2. The quantitative estimate of drug-likeness (QED) is 0.905. The summed E-state index contributed by atoms with van der Waals surface area (Å²) in [6.07, 6.45) is 2.66. The first-order valence-corrected chi connectivity index (χ1v) is 8.52. The van der Waals surface area contributed by atoms with Crippen molar-refractivity contribution in [3.63, 3.8) is 0 Å². The molecule has 0 spiro atoms. The molecular formula is C17H20ClFN2O3. The molecule has 2 saturated heterocycles. The van der Waals surface area contributed by atoms with Crippen LogP contribution < -0.4 is 5.73 Å². The van der Waals surface area contributed by atoms with E-state index in [4.69, 9.17) is 22.1 Å². The van der Waals surface area contributed by atoms with Crippen molar-refractivity contribution in [1.29, 1.82) is 0 Å². The zero-order chi connectivity index (χ0) is 17.3. The van der Waals surface area contributed by atoms with Crippen molar-refractivity contribution >= 4 is 23.4 Å². The minimum atomic E-state index is -0.589. The highest BCUT2D eigenvalue weighted by atomic mass is 35.5. The molecule has 2 amide bonds. The van der Waals surface area contributed by atoms with Crippen LogP contribution in [0, 0.1) is 11.7 Å². The molecule has 2 fully saturated rings. The van der Waals surface area contributed by atoms with Gasteiger partial charge in [0.15, 0.2) is 0 Å². The molecule has 24 heavy (non-hydrogen) atoms. The van der Waals surface area contributed by atoms with E-state index in [2.05, 4.69) is 0 Å². The number of primary amides is 1. The van der Waals surface area contributed by atoms with E-state index in [9.17, 15) is 14.0 Å². The molecule has 2 heterocycles. The van der Waals surface area contributed by atoms with E-state index in [1.165, 1.54) is 18.2 Å². The highest BCUT2D eigenvalue weighted by molar-refractivity contribution is 6.30. The standard InChI is InChI=1S/C17H20ClFN2O3/c18-12-2-1-11(9-13(12)19)17(23)21-7-5-10(6-8-21)14-3-4-15(24-14)16(20)22/h1-2,9-10,14-15H,3-8H2,(H2,20,22)/t14-,15+/m0/s1. The van der Waals surface area contributed by atoms with E-state index in [0.29, 0.717) is 31.0 Å². The highest BCUT2D eigenvalue weighted by Gasteiger charge is 2.36. The van der Waals surface area contributed by atoms with Gasteiger partial charge in [-0.05, 0) is 49.8 Å². The maximum absolute atomic E-state index is 13.5. The Labute approximate surface area is 144 Å². The van der Waals surface area contributed by atoms with Crippen LogP contribution in [0.1, 0.15) is 36.0 Å². The predicted molar refractivity (Wildman–Crippen MR) is 87.1 cm³/mol. The van der Waals surface area contributed by atoms with Gasteiger partial charge in [0.2, 0.25) is 5.91 Å². The lowest BCUT2D eigenvalue weighted by Gasteiger charge is -2.34. The first-order chi connectivity index (χ1) is 11.5. The van der Waals surface area contributed by atoms with E-state index in [1.54, 1.807) is 4.90 Å². The Morgan fingerprint density at radius 2 is 1.92 bits per heavy atom. The van der Waals surface area contributed by atoms with Gasteiger partial charge in [-0.25, -0.2) is 4.39 Å². The molecule has 0 aliphatic carbocycles. The molecule has 1 aromatic rings. The van der Waals surface area contributed by atoms with E-state index in [0.717, 1.165) is 19.3 Å². The topological polar surface area (TPSA) is 72.6 Å². The Bertz CT molecular complexity index is 647. The van der Waals surface area contributed by atoms with Gasteiger partial charge in [-0.2, -0.15) is 0 Å². The minimum Gasteiger partial charge on any atom is -0.367 e. The summed E-state index contributed by atoms with van der Waals surface area (Å²) in [6.45, 7) is 1.18. The summed E-state index contributed by atoms with van der Waals surface area (Å²) in [5.41, 5.74) is 5.59. The second-order valence-corrected chi connectivity index (χ2v) is 6.81. The molecule has 2 aliphatic rings. The smallest absolute Gasteiger partial charge is 0.253 e. The molecule has 0 bridgehead atoms. The maximum Gasteiger partial charge on any atom is 0.253 e. The molecular weight excluding hydrogens is 335 g/mol. The SMILES string of the molecule is NC(=O)[C@H]1CC[C@@H](C2CCN(C(=O)c3ccc(Cl)c(F)c3)CC2)O1. The van der Waals surface area contributed by atoms with Crippen molar-refractivity contribution in [3.05, 3.63) is 34.6 Å². The normalized spacial score (nSPS) is 25.0. The maximum atomic E-state index is 13.5. The predicted octanol–water partition coefficient (Wildman–Crippen LogP) is 2.36. The molecule has 0 saturated carbocycles. The van der Waals surface area contributed by atoms with E-state index >= 15 is 0 Å². The van der Waals surface area contributed by atoms with E-state index in [-0.39, 0.29) is 17.0 Å². The molecule has 2 aliphatic heterocycles. The number of nitrogens with zero attached hydrogens (tertiary/aromatic N) is 1. The van der Waals surface area contributed by atoms with Gasteiger partial charge in [-0.1, -0.05) is 11.6 Å². The lowest BCUT2D eigenvalue weighted by molar-refractivity contribution is -0.130. The molecule has 3 rings (SSSR count). The van der Waals surface area contributed by atoms with Gasteiger partial charge in [0.05, 0.1) is 11.1 Å². The van der Waals surface area contributed by atoms with Crippen molar-refractivity contribution in [1.82, 2.24) is 4.90 Å². The molecule has 130 valence electrons. The fourth-order valence-electron chi connectivity index (χ4n) is 3.50. The number of likely N-dealkylation sites (tertiary alicyclic amines) is 1. The summed E-state index contributed by atoms with van der Waals surface area (Å²) in [6, 6.07) is 4.11. The number of piperidine rings is 1. The van der Waals surface area contributed by atoms with Gasteiger partial charge < -0.3 is 15.4 Å². The van der Waals surface area contributed by atoms with E-state index in [1.807, 2.05) is 0 Å². The lowest BCUT2D eigenvalue weighted by atomic mass is 9.89. The number of hydrogen-bond acceptors (Lipinski definition) is 3. The zero-order valence-electron chi connectivity index (χ0n) is 13.2. The van der Waals surface area contributed by atoms with Crippen LogP contribution in [0.3, 0.4) is 0 Å². The molecule has 2 atom stereocenters. The second kappa shape index (κ2) is 7.07. The van der Waals surface area contributed by atoms with Crippen LogP contribution >= 0.6 is 11.6 Å². The number of carbonyl (C=O) groups is 2. The average molecular weight is 355 g/mol. The fourth-order valence-corrected chi connectivity index (χ4v) is 3.62. The number of benzene rings is 1. The Hall–Kier alpha value is -1.66. The molecule has 1 aromatic carbocycles. The summed E-state index contributed by atoms with van der Waals surface area (Å²) in [4.78, 5) is 25.4. The molecule has 7 heteroatoms. The number of hydrogen-bond donors (Lipinski definition) is 1. The number of nitrogens with two attached hydrogens (primary N) is 1. The molecule has 5 nitrogen and oxygen atoms in total. The van der Waals surface area contributed by atoms with Crippen molar-refractivity contribution in [2.24, 2.45) is 11.7 Å². The third-order valence-corrected chi connectivity index (χ3v) is 5.20. The monoisotopic (exact) mass is 354 g/mol. The van der Waals surface area contributed by atoms with Crippen LogP contribution in [-0.2, 0) is 9.53 Å². The average Bonchev–Trinajstić information content (AvgIpc) is 3.07. The van der Waals surface area contributed by atoms with Gasteiger partial charge in [-0.3, -0.25) is 9.59 Å². The van der Waals surface area contributed by atoms with Gasteiger partial charge >= 0.3 is 0 Å². The van der Waals surface area contributed by atoms with Crippen LogP contribution in [0.4, 0.5) is 4.39 Å². The Balaban J connectivity index is 1.56. The highest BCUT2D eigenvalue weighted by Crippen LogP contribution is 2.32. The fraction of sp³-hybridized carbons (Fsp3) is 0.529. The van der Waals surface area contributed by atoms with Crippen molar-refractivity contribution in [2.45, 2.75) is 37.9 Å². The largest absolute Gasteiger partial charge is 0.367 e. The van der Waals surface area contributed by atoms with Crippen LogP contribution in [0.5, 0.6) is 0 Å². The van der Waals surface area contributed by atoms with Crippen molar-refractivity contribution in [2.75, 3.05) is 13.1 Å². The van der Waals surface area contributed by atoms with Crippen molar-refractivity contribution in [3.8, 4) is 0 Å². The Morgan fingerprint density at radius 3 is 2.50 bits per heavy atom. The zero-order valence-corrected chi connectivity index (χ0v) is 14.0. The van der Waals surface area contributed by atoms with Crippen LogP contribution in [-0.4, -0.2) is 42.0 Å². The molecule has 0 unspecified atom stereocenters. The number of halogens is 2. The van der Waals surface area contributed by atoms with Gasteiger partial charge in [0.1, 0.15) is 11.9 Å². The number of amides is 2. The Morgan fingerprint density at radius 1 is 1.21 bits per heavy atom.